The number of rotatable bonds is 2. The Morgan fingerprint density at radius 3 is 3.00 bits per heavy atom. The van der Waals surface area contributed by atoms with Crippen LogP contribution < -0.4 is 0 Å². The molecular weight excluding hydrogens is 156 g/mol. The van der Waals surface area contributed by atoms with Crippen molar-refractivity contribution in [1.82, 2.24) is 0 Å². The van der Waals surface area contributed by atoms with Crippen LogP contribution >= 0.6 is 0 Å². The summed E-state index contributed by atoms with van der Waals surface area (Å²) in [6.45, 7) is 8.41. The Labute approximate surface area is 81.7 Å². The van der Waals surface area contributed by atoms with Gasteiger partial charge >= 0.3 is 0 Å². The minimum atomic E-state index is 0.383. The Kier molecular flexibility index (Phi) is 2.98. The van der Waals surface area contributed by atoms with Crippen molar-refractivity contribution in [2.75, 3.05) is 0 Å². The van der Waals surface area contributed by atoms with E-state index in [1.165, 1.54) is 12.0 Å². The molecule has 0 saturated heterocycles. The van der Waals surface area contributed by atoms with E-state index in [1.54, 1.807) is 0 Å². The zero-order valence-corrected chi connectivity index (χ0v) is 8.64. The molecule has 70 valence electrons. The van der Waals surface area contributed by atoms with Crippen LogP contribution in [0.15, 0.2) is 24.3 Å². The van der Waals surface area contributed by atoms with Crippen molar-refractivity contribution in [3.05, 3.63) is 24.3 Å². The van der Waals surface area contributed by atoms with Crippen molar-refractivity contribution in [2.24, 2.45) is 11.3 Å². The predicted octanol–water partition coefficient (Wildman–Crippen LogP) is 3.56. The molecule has 0 amide bonds. The molecule has 0 bridgehead atoms. The highest BCUT2D eigenvalue weighted by atomic mass is 14.3. The summed E-state index contributed by atoms with van der Waals surface area (Å²) < 4.78 is 0. The van der Waals surface area contributed by atoms with E-state index in [2.05, 4.69) is 32.4 Å². The molecule has 0 saturated carbocycles. The van der Waals surface area contributed by atoms with Gasteiger partial charge in [-0.15, -0.1) is 13.0 Å². The molecule has 1 aliphatic rings. The van der Waals surface area contributed by atoms with Gasteiger partial charge in [0.2, 0.25) is 0 Å². The highest BCUT2D eigenvalue weighted by Gasteiger charge is 2.30. The quantitative estimate of drug-likeness (QED) is 0.443. The first-order valence-electron chi connectivity index (χ1n) is 4.88. The maximum absolute atomic E-state index is 5.41. The average molecular weight is 174 g/mol. The minimum absolute atomic E-state index is 0.383. The molecule has 0 heterocycles. The van der Waals surface area contributed by atoms with Crippen LogP contribution in [-0.4, -0.2) is 0 Å². The predicted molar refractivity (Wildman–Crippen MR) is 58.2 cm³/mol. The molecule has 0 spiro atoms. The molecule has 0 fully saturated rings. The Bertz CT molecular complexity index is 260. The van der Waals surface area contributed by atoms with Gasteiger partial charge < -0.3 is 0 Å². The largest absolute Gasteiger partial charge is 0.115 e. The first kappa shape index (κ1) is 10.1. The number of terminal acetylenes is 1. The van der Waals surface area contributed by atoms with Crippen molar-refractivity contribution in [3.8, 4) is 12.3 Å². The highest BCUT2D eigenvalue weighted by molar-refractivity contribution is 5.29. The molecule has 0 radical (unpaired) electrons. The standard InChI is InChI=1S/C13H18/c1-5-7-12-10-11(6-2)8-9-13(12,3)4/h2,5,10,12H,1,7-9H2,3-4H3. The highest BCUT2D eigenvalue weighted by Crippen LogP contribution is 2.40. The van der Waals surface area contributed by atoms with Crippen LogP contribution in [0.2, 0.25) is 0 Å². The number of allylic oxidation sites excluding steroid dienone is 3. The summed E-state index contributed by atoms with van der Waals surface area (Å²) in [5.41, 5.74) is 1.56. The van der Waals surface area contributed by atoms with Crippen molar-refractivity contribution in [1.29, 1.82) is 0 Å². The summed E-state index contributed by atoms with van der Waals surface area (Å²) in [6, 6.07) is 0. The van der Waals surface area contributed by atoms with Crippen LogP contribution in [0.25, 0.3) is 0 Å². The van der Waals surface area contributed by atoms with Crippen molar-refractivity contribution < 1.29 is 0 Å². The third kappa shape index (κ3) is 2.25. The third-order valence-corrected chi connectivity index (χ3v) is 3.05. The molecule has 0 nitrogen and oxygen atoms in total. The van der Waals surface area contributed by atoms with E-state index in [0.29, 0.717) is 11.3 Å². The fourth-order valence-electron chi connectivity index (χ4n) is 1.88. The van der Waals surface area contributed by atoms with E-state index in [0.717, 1.165) is 12.8 Å². The fourth-order valence-corrected chi connectivity index (χ4v) is 1.88. The van der Waals surface area contributed by atoms with Gasteiger partial charge in [-0.2, -0.15) is 0 Å². The van der Waals surface area contributed by atoms with Crippen LogP contribution in [0.5, 0.6) is 0 Å². The van der Waals surface area contributed by atoms with Crippen molar-refractivity contribution >= 4 is 0 Å². The molecule has 0 aliphatic heterocycles. The molecule has 0 aromatic rings. The van der Waals surface area contributed by atoms with Gasteiger partial charge in [-0.3, -0.25) is 0 Å². The first-order valence-corrected chi connectivity index (χ1v) is 4.88. The van der Waals surface area contributed by atoms with Gasteiger partial charge in [0.25, 0.3) is 0 Å². The minimum Gasteiger partial charge on any atom is -0.115 e. The maximum atomic E-state index is 5.41. The zero-order chi connectivity index (χ0) is 9.90. The summed E-state index contributed by atoms with van der Waals surface area (Å²) in [4.78, 5) is 0. The van der Waals surface area contributed by atoms with Gasteiger partial charge in [0.1, 0.15) is 0 Å². The second-order valence-corrected chi connectivity index (χ2v) is 4.46. The normalized spacial score (nSPS) is 25.9. The number of hydrogen-bond acceptors (Lipinski definition) is 0. The van der Waals surface area contributed by atoms with Gasteiger partial charge in [-0.1, -0.05) is 31.9 Å². The van der Waals surface area contributed by atoms with Gasteiger partial charge in [-0.25, -0.2) is 0 Å². The fraction of sp³-hybridized carbons (Fsp3) is 0.538. The van der Waals surface area contributed by atoms with E-state index < -0.39 is 0 Å². The zero-order valence-electron chi connectivity index (χ0n) is 8.64. The third-order valence-electron chi connectivity index (χ3n) is 3.05. The van der Waals surface area contributed by atoms with Gasteiger partial charge in [0.05, 0.1) is 0 Å². The summed E-state index contributed by atoms with van der Waals surface area (Å²) in [6.07, 6.45) is 13.0. The molecule has 1 rings (SSSR count). The average Bonchev–Trinajstić information content (AvgIpc) is 2.09. The lowest BCUT2D eigenvalue weighted by atomic mass is 9.69. The molecule has 13 heavy (non-hydrogen) atoms. The summed E-state index contributed by atoms with van der Waals surface area (Å²) in [5.74, 6) is 3.33. The SMILES string of the molecule is C#CC1=CC(CC=C)C(C)(C)CC1. The monoisotopic (exact) mass is 174 g/mol. The topological polar surface area (TPSA) is 0 Å². The van der Waals surface area contributed by atoms with Crippen LogP contribution in [-0.2, 0) is 0 Å². The molecule has 0 heteroatoms. The molecule has 1 atom stereocenters. The Hall–Kier alpha value is -0.960. The lowest BCUT2D eigenvalue weighted by Crippen LogP contribution is -2.25. The number of hydrogen-bond donors (Lipinski definition) is 0. The molecule has 0 aromatic heterocycles. The molecule has 0 N–H and O–H groups in total. The second kappa shape index (κ2) is 3.83. The lowest BCUT2D eigenvalue weighted by molar-refractivity contribution is 0.227. The Morgan fingerprint density at radius 2 is 2.46 bits per heavy atom. The van der Waals surface area contributed by atoms with Crippen molar-refractivity contribution in [2.45, 2.75) is 33.1 Å². The van der Waals surface area contributed by atoms with Gasteiger partial charge in [0.15, 0.2) is 0 Å². The second-order valence-electron chi connectivity index (χ2n) is 4.46. The van der Waals surface area contributed by atoms with Crippen LogP contribution in [0, 0.1) is 23.7 Å². The molecule has 1 aliphatic carbocycles. The van der Waals surface area contributed by atoms with E-state index in [4.69, 9.17) is 6.42 Å². The smallest absolute Gasteiger partial charge is 0.00190 e. The molecule has 0 aromatic carbocycles. The van der Waals surface area contributed by atoms with E-state index in [9.17, 15) is 0 Å². The van der Waals surface area contributed by atoms with Gasteiger partial charge in [-0.05, 0) is 36.2 Å². The Morgan fingerprint density at radius 1 is 1.77 bits per heavy atom. The summed E-state index contributed by atoms with van der Waals surface area (Å²) >= 11 is 0. The lowest BCUT2D eigenvalue weighted by Gasteiger charge is -2.35. The Balaban J connectivity index is 2.84. The van der Waals surface area contributed by atoms with Crippen LogP contribution in [0.3, 0.4) is 0 Å². The first-order chi connectivity index (χ1) is 6.10. The van der Waals surface area contributed by atoms with E-state index in [1.807, 2.05) is 6.08 Å². The van der Waals surface area contributed by atoms with Crippen molar-refractivity contribution in [3.63, 3.8) is 0 Å². The summed E-state index contributed by atoms with van der Waals surface area (Å²) in [7, 11) is 0. The van der Waals surface area contributed by atoms with E-state index >= 15 is 0 Å². The summed E-state index contributed by atoms with van der Waals surface area (Å²) in [5, 5.41) is 0. The van der Waals surface area contributed by atoms with Crippen LogP contribution in [0.1, 0.15) is 33.1 Å². The molecular formula is C13H18. The van der Waals surface area contributed by atoms with E-state index in [-0.39, 0.29) is 0 Å². The van der Waals surface area contributed by atoms with Crippen LogP contribution in [0.4, 0.5) is 0 Å². The molecule has 1 unspecified atom stereocenters. The van der Waals surface area contributed by atoms with Gasteiger partial charge in [0, 0.05) is 0 Å². The maximum Gasteiger partial charge on any atom is -0.00190 e.